The number of hydrogen-bond acceptors (Lipinski definition) is 14. The number of aromatic nitrogens is 1. The van der Waals surface area contributed by atoms with Crippen molar-refractivity contribution in [1.82, 2.24) is 14.8 Å². The monoisotopic (exact) mass is 915 g/mol. The Hall–Kier alpha value is -5.72. The summed E-state index contributed by atoms with van der Waals surface area (Å²) in [6.07, 6.45) is 5.58. The van der Waals surface area contributed by atoms with Gasteiger partial charge in [0.05, 0.1) is 62.0 Å². The second kappa shape index (κ2) is 20.9. The highest BCUT2D eigenvalue weighted by Crippen LogP contribution is 2.43. The number of amides is 3. The Morgan fingerprint density at radius 2 is 1.55 bits per heavy atom. The molecule has 0 radical (unpaired) electrons. The van der Waals surface area contributed by atoms with E-state index in [9.17, 15) is 24.3 Å². The lowest BCUT2D eigenvalue weighted by molar-refractivity contribution is -0.137. The Kier molecular flexibility index (Phi) is 15.1. The fourth-order valence-electron chi connectivity index (χ4n) is 8.00. The van der Waals surface area contributed by atoms with Crippen molar-refractivity contribution in [1.29, 1.82) is 0 Å². The number of nitrogens with zero attached hydrogens (tertiary/aromatic N) is 5. The molecule has 16 nitrogen and oxygen atoms in total. The number of aliphatic hydroxyl groups is 1. The van der Waals surface area contributed by atoms with Crippen LogP contribution in [-0.4, -0.2) is 126 Å². The van der Waals surface area contributed by atoms with Gasteiger partial charge in [-0.3, -0.25) is 19.4 Å². The molecule has 4 aliphatic heterocycles. The van der Waals surface area contributed by atoms with E-state index in [4.69, 9.17) is 28.8 Å². The van der Waals surface area contributed by atoms with Gasteiger partial charge in [0, 0.05) is 49.3 Å². The first kappa shape index (κ1) is 46.3. The zero-order chi connectivity index (χ0) is 45.5. The predicted octanol–water partition coefficient (Wildman–Crippen LogP) is 7.50. The molecule has 2 N–H and O–H groups in total. The molecule has 340 valence electrons. The van der Waals surface area contributed by atoms with Gasteiger partial charge in [-0.25, -0.2) is 14.7 Å². The highest BCUT2D eigenvalue weighted by Gasteiger charge is 2.46. The maximum Gasteiger partial charge on any atom is 0.416 e. The number of aliphatic imine (C=N–C) groups is 1. The molecule has 0 spiro atoms. The molecule has 3 aromatic rings. The Balaban J connectivity index is 0.957. The van der Waals surface area contributed by atoms with Crippen molar-refractivity contribution in [2.45, 2.75) is 86.9 Å². The number of benzene rings is 2. The van der Waals surface area contributed by atoms with Gasteiger partial charge in [-0.05, 0) is 86.4 Å². The molecule has 1 aromatic heterocycles. The third-order valence-electron chi connectivity index (χ3n) is 11.3. The van der Waals surface area contributed by atoms with Crippen molar-refractivity contribution >= 4 is 63.1 Å². The lowest BCUT2D eigenvalue weighted by atomic mass is 10.1. The first-order valence-corrected chi connectivity index (χ1v) is 23.4. The Morgan fingerprint density at radius 1 is 0.875 bits per heavy atom. The van der Waals surface area contributed by atoms with Crippen LogP contribution in [0.4, 0.5) is 16.2 Å². The number of aliphatic hydroxyl groups excluding tert-OH is 1. The molecule has 64 heavy (non-hydrogen) atoms. The lowest BCUT2D eigenvalue weighted by Crippen LogP contribution is -2.51. The third kappa shape index (κ3) is 10.6. The van der Waals surface area contributed by atoms with Gasteiger partial charge in [0.25, 0.3) is 11.8 Å². The van der Waals surface area contributed by atoms with E-state index in [1.165, 1.54) is 46.8 Å². The smallest absolute Gasteiger partial charge is 0.416 e. The average molecular weight is 916 g/mol. The summed E-state index contributed by atoms with van der Waals surface area (Å²) in [5, 5.41) is 21.2. The van der Waals surface area contributed by atoms with Crippen LogP contribution in [0.1, 0.15) is 78.1 Å². The normalized spacial score (nSPS) is 19.3. The van der Waals surface area contributed by atoms with Crippen LogP contribution in [0.5, 0.6) is 23.0 Å². The van der Waals surface area contributed by atoms with Crippen LogP contribution in [0.25, 0.3) is 0 Å². The highest BCUT2D eigenvalue weighted by atomic mass is 33.1. The van der Waals surface area contributed by atoms with Gasteiger partial charge in [0.15, 0.2) is 29.2 Å². The van der Waals surface area contributed by atoms with Crippen LogP contribution in [-0.2, 0) is 16.0 Å². The Morgan fingerprint density at radius 3 is 2.23 bits per heavy atom. The van der Waals surface area contributed by atoms with Crippen molar-refractivity contribution in [2.75, 3.05) is 52.0 Å². The van der Waals surface area contributed by atoms with Crippen LogP contribution in [0.3, 0.4) is 0 Å². The van der Waals surface area contributed by atoms with Crippen LogP contribution >= 0.6 is 21.6 Å². The van der Waals surface area contributed by atoms with Crippen molar-refractivity contribution < 1.29 is 53.1 Å². The molecular weight excluding hydrogens is 863 g/mol. The fourth-order valence-corrected chi connectivity index (χ4v) is 9.86. The average Bonchev–Trinajstić information content (AvgIpc) is 3.82. The summed E-state index contributed by atoms with van der Waals surface area (Å²) in [6, 6.07) is 9.43. The summed E-state index contributed by atoms with van der Waals surface area (Å²) in [7, 11) is 5.88. The Bertz CT molecular complexity index is 2310. The SMILES string of the molecule is C=C1C[C@H]2C=Nc3cc(OCCCCCOc4cc5c(cc4OC)C(=O)N4CC(=C)C[C@H]4[C@H](O)N5C(=O)OC[C@@H](C)SSc4ccc(CCCC(=O)O)cn4)c(OC)cc3C(=O)N2C1. The largest absolute Gasteiger partial charge is 0.493 e. The minimum Gasteiger partial charge on any atom is -0.493 e. The standard InChI is InChI=1S/C46H53N5O11S2/c1-27-16-31-23-47-34-20-39(37(58-4)18-32(34)43(54)49(31)24-27)60-14-7-6-8-15-61-40-21-35-33(19-38(40)59-5)44(55)50-25-28(2)17-36(50)45(56)51(35)46(57)62-26-29(3)63-64-41-13-12-30(22-48-41)10-9-11-42(52)53/h12-13,18-23,29,31,36,45,56H,1-2,6-11,14-17,24-26H2,3-5H3,(H,52,53)/t29-,31+,36+,45+/m1/s1. The topological polar surface area (TPSA) is 190 Å². The number of carbonyl (C=O) groups excluding carboxylic acids is 3. The number of hydrogen-bond donors (Lipinski definition) is 2. The summed E-state index contributed by atoms with van der Waals surface area (Å²) >= 11 is 0. The molecule has 5 heterocycles. The molecule has 2 fully saturated rings. The molecule has 2 saturated heterocycles. The van der Waals surface area contributed by atoms with Crippen LogP contribution in [0.2, 0.25) is 0 Å². The lowest BCUT2D eigenvalue weighted by Gasteiger charge is -2.31. The number of carboxylic acid groups (broad SMARTS) is 1. The number of rotatable bonds is 19. The molecule has 0 saturated carbocycles. The number of aliphatic carboxylic acids is 1. The number of fused-ring (bicyclic) bond motifs is 4. The number of pyridine rings is 1. The number of unbranched alkanes of at least 4 members (excludes halogenated alkanes) is 2. The third-order valence-corrected chi connectivity index (χ3v) is 14.0. The zero-order valence-corrected chi connectivity index (χ0v) is 37.8. The van der Waals surface area contributed by atoms with Gasteiger partial charge in [-0.1, -0.05) is 41.2 Å². The van der Waals surface area contributed by atoms with Gasteiger partial charge in [0.2, 0.25) is 0 Å². The molecule has 2 aromatic carbocycles. The molecule has 0 unspecified atom stereocenters. The van der Waals surface area contributed by atoms with Crippen LogP contribution < -0.4 is 23.8 Å². The molecule has 3 amide bonds. The van der Waals surface area contributed by atoms with Gasteiger partial charge >= 0.3 is 12.1 Å². The van der Waals surface area contributed by atoms with E-state index >= 15 is 0 Å². The van der Waals surface area contributed by atoms with E-state index in [-0.39, 0.29) is 66.3 Å². The van der Waals surface area contributed by atoms with E-state index in [1.807, 2.05) is 19.1 Å². The number of anilines is 1. The van der Waals surface area contributed by atoms with Crippen LogP contribution in [0.15, 0.2) is 76.9 Å². The summed E-state index contributed by atoms with van der Waals surface area (Å²) in [5.74, 6) is 0.197. The van der Waals surface area contributed by atoms with Gasteiger partial charge in [-0.2, -0.15) is 0 Å². The summed E-state index contributed by atoms with van der Waals surface area (Å²) in [5.41, 5.74) is 3.98. The molecule has 18 heteroatoms. The minimum atomic E-state index is -1.43. The quantitative estimate of drug-likeness (QED) is 0.0683. The van der Waals surface area contributed by atoms with E-state index in [1.54, 1.807) is 35.5 Å². The highest BCUT2D eigenvalue weighted by molar-refractivity contribution is 8.76. The number of carbonyl (C=O) groups is 4. The van der Waals surface area contributed by atoms with E-state index < -0.39 is 24.3 Å². The van der Waals surface area contributed by atoms with Crippen molar-refractivity contribution in [2.24, 2.45) is 4.99 Å². The van der Waals surface area contributed by atoms with E-state index in [0.29, 0.717) is 80.2 Å². The summed E-state index contributed by atoms with van der Waals surface area (Å²) < 4.78 is 29.4. The predicted molar refractivity (Wildman–Crippen MR) is 244 cm³/mol. The second-order valence-corrected chi connectivity index (χ2v) is 18.7. The maximum absolute atomic E-state index is 14.0. The second-order valence-electron chi connectivity index (χ2n) is 16.1. The molecule has 4 aliphatic rings. The van der Waals surface area contributed by atoms with E-state index in [2.05, 4.69) is 23.1 Å². The van der Waals surface area contributed by atoms with Crippen LogP contribution in [0, 0.1) is 0 Å². The van der Waals surface area contributed by atoms with E-state index in [0.717, 1.165) is 33.1 Å². The molecule has 4 atom stereocenters. The number of methoxy groups -OCH3 is 2. The number of carboxylic acids is 1. The first-order chi connectivity index (χ1) is 30.8. The Labute approximate surface area is 380 Å². The molecule has 7 rings (SSSR count). The molecule has 0 bridgehead atoms. The maximum atomic E-state index is 14.0. The number of ether oxygens (including phenoxy) is 5. The summed E-state index contributed by atoms with van der Waals surface area (Å²) in [6.45, 7) is 11.4. The zero-order valence-electron chi connectivity index (χ0n) is 36.2. The van der Waals surface area contributed by atoms with Crippen molar-refractivity contribution in [3.8, 4) is 23.0 Å². The molecule has 0 aliphatic carbocycles. The fraction of sp³-hybridized carbons (Fsp3) is 0.435. The first-order valence-electron chi connectivity index (χ1n) is 21.2. The van der Waals surface area contributed by atoms with Gasteiger partial charge < -0.3 is 43.7 Å². The molecular formula is C46H53N5O11S2. The van der Waals surface area contributed by atoms with Crippen molar-refractivity contribution in [3.05, 3.63) is 83.6 Å². The summed E-state index contributed by atoms with van der Waals surface area (Å²) in [4.78, 5) is 65.6. The minimum absolute atomic E-state index is 0.00338. The number of aryl methyl sites for hydroxylation is 1. The van der Waals surface area contributed by atoms with Gasteiger partial charge in [0.1, 0.15) is 11.6 Å². The van der Waals surface area contributed by atoms with Gasteiger partial charge in [-0.15, -0.1) is 0 Å². The van der Waals surface area contributed by atoms with Crippen molar-refractivity contribution in [3.63, 3.8) is 0 Å².